The molecule has 0 aliphatic rings. The van der Waals surface area contributed by atoms with Crippen molar-refractivity contribution in [1.29, 1.82) is 0 Å². The maximum Gasteiger partial charge on any atom is 0.251 e. The van der Waals surface area contributed by atoms with E-state index >= 15 is 0 Å². The third-order valence-electron chi connectivity index (χ3n) is 3.13. The Labute approximate surface area is 125 Å². The molecule has 1 aromatic carbocycles. The molecule has 0 unspecified atom stereocenters. The van der Waals surface area contributed by atoms with Crippen molar-refractivity contribution >= 4 is 5.91 Å². The summed E-state index contributed by atoms with van der Waals surface area (Å²) < 4.78 is 18.2. The highest BCUT2D eigenvalue weighted by molar-refractivity contribution is 5.94. The molecule has 0 fully saturated rings. The van der Waals surface area contributed by atoms with Crippen molar-refractivity contribution in [1.82, 2.24) is 15.5 Å². The molecule has 1 amide bonds. The van der Waals surface area contributed by atoms with E-state index in [0.717, 1.165) is 0 Å². The van der Waals surface area contributed by atoms with Crippen molar-refractivity contribution in [2.45, 2.75) is 6.54 Å². The number of rotatable bonds is 4. The lowest BCUT2D eigenvalue weighted by Gasteiger charge is -2.05. The third kappa shape index (κ3) is 3.01. The minimum Gasteiger partial charge on any atom is -0.356 e. The van der Waals surface area contributed by atoms with E-state index in [1.807, 2.05) is 0 Å². The Morgan fingerprint density at radius 2 is 1.86 bits per heavy atom. The van der Waals surface area contributed by atoms with Gasteiger partial charge in [-0.15, -0.1) is 0 Å². The lowest BCUT2D eigenvalue weighted by Crippen LogP contribution is -2.22. The largest absolute Gasteiger partial charge is 0.356 e. The summed E-state index contributed by atoms with van der Waals surface area (Å²) in [4.78, 5) is 15.9. The van der Waals surface area contributed by atoms with Crippen LogP contribution >= 0.6 is 0 Å². The second kappa shape index (κ2) is 6.17. The molecule has 0 saturated carbocycles. The number of benzene rings is 1. The van der Waals surface area contributed by atoms with Crippen molar-refractivity contribution in [3.8, 4) is 11.3 Å². The van der Waals surface area contributed by atoms with Gasteiger partial charge in [0.1, 0.15) is 5.82 Å². The Balaban J connectivity index is 1.73. The molecule has 22 heavy (non-hydrogen) atoms. The fraction of sp³-hybridized carbons (Fsp3) is 0.0625. The molecule has 5 nitrogen and oxygen atoms in total. The Hall–Kier alpha value is -3.02. The normalized spacial score (nSPS) is 10.4. The van der Waals surface area contributed by atoms with Gasteiger partial charge in [0.2, 0.25) is 0 Å². The molecule has 2 heterocycles. The first kappa shape index (κ1) is 13.9. The van der Waals surface area contributed by atoms with Gasteiger partial charge in [0, 0.05) is 35.6 Å². The van der Waals surface area contributed by atoms with Crippen molar-refractivity contribution in [3.05, 3.63) is 71.9 Å². The quantitative estimate of drug-likeness (QED) is 0.804. The van der Waals surface area contributed by atoms with E-state index in [9.17, 15) is 9.18 Å². The highest BCUT2D eigenvalue weighted by atomic mass is 19.1. The van der Waals surface area contributed by atoms with Crippen LogP contribution in [0.2, 0.25) is 0 Å². The van der Waals surface area contributed by atoms with Crippen LogP contribution in [0.3, 0.4) is 0 Å². The Morgan fingerprint density at radius 3 is 2.59 bits per heavy atom. The average Bonchev–Trinajstić information content (AvgIpc) is 3.02. The van der Waals surface area contributed by atoms with E-state index in [4.69, 9.17) is 4.52 Å². The number of amides is 1. The van der Waals surface area contributed by atoms with Crippen LogP contribution in [0.25, 0.3) is 11.3 Å². The highest BCUT2D eigenvalue weighted by Crippen LogP contribution is 2.23. The number of carbonyl (C=O) groups is 1. The van der Waals surface area contributed by atoms with Gasteiger partial charge in [-0.05, 0) is 36.4 Å². The molecule has 0 saturated heterocycles. The van der Waals surface area contributed by atoms with Crippen LogP contribution in [0.4, 0.5) is 4.39 Å². The molecule has 0 bridgehead atoms. The lowest BCUT2D eigenvalue weighted by molar-refractivity contribution is 0.0951. The number of hydrogen-bond acceptors (Lipinski definition) is 4. The van der Waals surface area contributed by atoms with Crippen LogP contribution in [0, 0.1) is 5.82 Å². The molecule has 2 aromatic heterocycles. The van der Waals surface area contributed by atoms with Gasteiger partial charge in [-0.25, -0.2) is 4.39 Å². The van der Waals surface area contributed by atoms with E-state index in [1.54, 1.807) is 36.7 Å². The molecule has 0 atom stereocenters. The van der Waals surface area contributed by atoms with Crippen LogP contribution in [0.1, 0.15) is 15.9 Å². The maximum atomic E-state index is 13.0. The monoisotopic (exact) mass is 297 g/mol. The smallest absolute Gasteiger partial charge is 0.251 e. The van der Waals surface area contributed by atoms with Gasteiger partial charge in [-0.1, -0.05) is 5.16 Å². The number of hydrogen-bond donors (Lipinski definition) is 1. The fourth-order valence-corrected chi connectivity index (χ4v) is 2.01. The zero-order valence-corrected chi connectivity index (χ0v) is 11.5. The second-order valence-corrected chi connectivity index (χ2v) is 4.61. The number of nitrogens with one attached hydrogen (secondary N) is 1. The standard InChI is InChI=1S/C16H12FN3O2/c17-14-3-1-11(2-4-14)15-13(10-20-22-15)9-19-16(21)12-5-7-18-8-6-12/h1-8,10H,9H2,(H,19,21). The lowest BCUT2D eigenvalue weighted by atomic mass is 10.1. The predicted molar refractivity (Wildman–Crippen MR) is 77.3 cm³/mol. The van der Waals surface area contributed by atoms with Crippen molar-refractivity contribution in [2.75, 3.05) is 0 Å². The summed E-state index contributed by atoms with van der Waals surface area (Å²) in [5, 5.41) is 6.52. The van der Waals surface area contributed by atoms with Gasteiger partial charge in [0.25, 0.3) is 5.91 Å². The molecular formula is C16H12FN3O2. The van der Waals surface area contributed by atoms with Crippen LogP contribution in [-0.4, -0.2) is 16.0 Å². The van der Waals surface area contributed by atoms with Crippen LogP contribution in [-0.2, 0) is 6.54 Å². The van der Waals surface area contributed by atoms with Crippen molar-refractivity contribution in [2.24, 2.45) is 0 Å². The highest BCUT2D eigenvalue weighted by Gasteiger charge is 2.12. The van der Waals surface area contributed by atoms with Crippen molar-refractivity contribution < 1.29 is 13.7 Å². The number of halogens is 1. The number of aromatic nitrogens is 2. The van der Waals surface area contributed by atoms with Crippen LogP contribution in [0.5, 0.6) is 0 Å². The maximum absolute atomic E-state index is 13.0. The summed E-state index contributed by atoms with van der Waals surface area (Å²) in [5.74, 6) is -0.0283. The van der Waals surface area contributed by atoms with E-state index in [0.29, 0.717) is 22.5 Å². The van der Waals surface area contributed by atoms with Crippen molar-refractivity contribution in [3.63, 3.8) is 0 Å². The first-order valence-electron chi connectivity index (χ1n) is 6.62. The third-order valence-corrected chi connectivity index (χ3v) is 3.13. The summed E-state index contributed by atoms with van der Waals surface area (Å²) >= 11 is 0. The van der Waals surface area contributed by atoms with E-state index in [1.165, 1.54) is 18.3 Å². The van der Waals surface area contributed by atoms with Gasteiger partial charge in [-0.2, -0.15) is 0 Å². The molecule has 0 aliphatic heterocycles. The summed E-state index contributed by atoms with van der Waals surface area (Å²) in [6.07, 6.45) is 4.64. The fourth-order valence-electron chi connectivity index (χ4n) is 2.01. The minimum absolute atomic E-state index is 0.214. The first-order chi connectivity index (χ1) is 10.7. The van der Waals surface area contributed by atoms with E-state index in [-0.39, 0.29) is 18.3 Å². The second-order valence-electron chi connectivity index (χ2n) is 4.61. The van der Waals surface area contributed by atoms with Crippen LogP contribution in [0.15, 0.2) is 59.5 Å². The number of pyridine rings is 1. The zero-order chi connectivity index (χ0) is 15.4. The minimum atomic E-state index is -0.323. The van der Waals surface area contributed by atoms with Gasteiger partial charge in [0.05, 0.1) is 6.20 Å². The van der Waals surface area contributed by atoms with Gasteiger partial charge in [0.15, 0.2) is 5.76 Å². The summed E-state index contributed by atoms with van der Waals surface area (Å²) in [6.45, 7) is 0.261. The molecule has 0 aliphatic carbocycles. The Bertz CT molecular complexity index is 770. The first-order valence-corrected chi connectivity index (χ1v) is 6.62. The molecule has 0 spiro atoms. The zero-order valence-electron chi connectivity index (χ0n) is 11.5. The Morgan fingerprint density at radius 1 is 1.14 bits per heavy atom. The molecule has 6 heteroatoms. The van der Waals surface area contributed by atoms with E-state index < -0.39 is 0 Å². The molecule has 3 aromatic rings. The SMILES string of the molecule is O=C(NCc1cnoc1-c1ccc(F)cc1)c1ccncc1. The predicted octanol–water partition coefficient (Wildman–Crippen LogP) is 2.81. The summed E-state index contributed by atoms with van der Waals surface area (Å²) in [6, 6.07) is 9.15. The summed E-state index contributed by atoms with van der Waals surface area (Å²) in [7, 11) is 0. The number of carbonyl (C=O) groups excluding carboxylic acids is 1. The molecule has 0 radical (unpaired) electrons. The average molecular weight is 297 g/mol. The van der Waals surface area contributed by atoms with Gasteiger partial charge >= 0.3 is 0 Å². The number of nitrogens with zero attached hydrogens (tertiary/aromatic N) is 2. The summed E-state index contributed by atoms with van der Waals surface area (Å²) in [5.41, 5.74) is 1.94. The van der Waals surface area contributed by atoms with Gasteiger partial charge < -0.3 is 9.84 Å². The molecular weight excluding hydrogens is 285 g/mol. The van der Waals surface area contributed by atoms with Crippen LogP contribution < -0.4 is 5.32 Å². The van der Waals surface area contributed by atoms with E-state index in [2.05, 4.69) is 15.5 Å². The molecule has 3 rings (SSSR count). The molecule has 1 N–H and O–H groups in total. The Kier molecular flexibility index (Phi) is 3.91. The molecule has 110 valence electrons. The van der Waals surface area contributed by atoms with Gasteiger partial charge in [-0.3, -0.25) is 9.78 Å². The topological polar surface area (TPSA) is 68.0 Å².